The van der Waals surface area contributed by atoms with Crippen LogP contribution in [0.4, 0.5) is 26.3 Å². The monoisotopic (exact) mass is 465 g/mol. The molecular formula is C19H17F6N3O2S. The van der Waals surface area contributed by atoms with Gasteiger partial charge in [0.1, 0.15) is 5.75 Å². The molecule has 31 heavy (non-hydrogen) atoms. The molecule has 1 fully saturated rings. The third kappa shape index (κ3) is 6.69. The van der Waals surface area contributed by atoms with E-state index >= 15 is 0 Å². The zero-order chi connectivity index (χ0) is 23.4. The van der Waals surface area contributed by atoms with Crippen LogP contribution in [0.25, 0.3) is 4.85 Å². The molecule has 0 bridgehead atoms. The van der Waals surface area contributed by atoms with Crippen molar-refractivity contribution in [3.05, 3.63) is 40.7 Å². The minimum Gasteiger partial charge on any atom is -0.482 e. The van der Waals surface area contributed by atoms with Gasteiger partial charge in [-0.3, -0.25) is 15.0 Å². The van der Waals surface area contributed by atoms with Gasteiger partial charge in [0.2, 0.25) is 5.91 Å². The summed E-state index contributed by atoms with van der Waals surface area (Å²) in [6, 6.07) is 4.17. The van der Waals surface area contributed by atoms with Crippen molar-refractivity contribution in [2.24, 2.45) is 5.92 Å². The highest BCUT2D eigenvalue weighted by atomic mass is 32.2. The van der Waals surface area contributed by atoms with Gasteiger partial charge in [-0.2, -0.15) is 31.6 Å². The summed E-state index contributed by atoms with van der Waals surface area (Å²) in [6.07, 6.45) is -3.99. The van der Waals surface area contributed by atoms with Gasteiger partial charge in [0, 0.05) is 12.2 Å². The molecule has 1 aliphatic carbocycles. The fraction of sp³-hybridized carbons (Fsp3) is 0.526. The molecule has 0 aromatic heterocycles. The topological polar surface area (TPSA) is 66.5 Å². The lowest BCUT2D eigenvalue weighted by atomic mass is 10.1. The van der Waals surface area contributed by atoms with Crippen molar-refractivity contribution in [2.45, 2.75) is 48.8 Å². The van der Waals surface area contributed by atoms with E-state index in [2.05, 4.69) is 10.2 Å². The summed E-state index contributed by atoms with van der Waals surface area (Å²) in [5, 5.41) is 10.2. The molecule has 168 valence electrons. The van der Waals surface area contributed by atoms with Gasteiger partial charge in [-0.1, -0.05) is 6.42 Å². The van der Waals surface area contributed by atoms with Gasteiger partial charge < -0.3 is 4.74 Å². The van der Waals surface area contributed by atoms with Gasteiger partial charge in [-0.25, -0.2) is 6.57 Å². The number of hydrogen-bond acceptors (Lipinski definition) is 4. The predicted molar refractivity (Wildman–Crippen MR) is 99.6 cm³/mol. The average Bonchev–Trinajstić information content (AvgIpc) is 3.11. The normalized spacial score (nSPS) is 20.9. The van der Waals surface area contributed by atoms with E-state index < -0.39 is 52.3 Å². The van der Waals surface area contributed by atoms with E-state index in [1.807, 2.05) is 0 Å². The first-order valence-corrected chi connectivity index (χ1v) is 9.85. The predicted octanol–water partition coefficient (Wildman–Crippen LogP) is 5.13. The van der Waals surface area contributed by atoms with E-state index in [1.54, 1.807) is 6.07 Å². The number of benzene rings is 1. The zero-order valence-electron chi connectivity index (χ0n) is 16.1. The van der Waals surface area contributed by atoms with Crippen LogP contribution in [0.1, 0.15) is 37.3 Å². The zero-order valence-corrected chi connectivity index (χ0v) is 16.9. The Morgan fingerprint density at radius 3 is 2.55 bits per heavy atom. The number of carbonyl (C=O) groups is 1. The molecule has 1 aromatic carbocycles. The molecule has 0 aliphatic heterocycles. The maximum absolute atomic E-state index is 13.2. The molecule has 0 radical (unpaired) electrons. The van der Waals surface area contributed by atoms with Crippen molar-refractivity contribution < 1.29 is 35.9 Å². The van der Waals surface area contributed by atoms with Crippen LogP contribution < -0.4 is 10.1 Å². The molecule has 0 spiro atoms. The van der Waals surface area contributed by atoms with E-state index in [1.165, 1.54) is 6.92 Å². The summed E-state index contributed by atoms with van der Waals surface area (Å²) in [5.41, 5.74) is -7.60. The molecule has 3 unspecified atom stereocenters. The van der Waals surface area contributed by atoms with Crippen LogP contribution in [0.5, 0.6) is 5.75 Å². The van der Waals surface area contributed by atoms with Gasteiger partial charge in [-0.15, -0.1) is 0 Å². The van der Waals surface area contributed by atoms with Crippen LogP contribution >= 0.6 is 11.8 Å². The fourth-order valence-electron chi connectivity index (χ4n) is 3.16. The number of carbonyl (C=O) groups excluding carboxylic acids is 1. The number of nitrogens with zero attached hydrogens (tertiary/aromatic N) is 2. The van der Waals surface area contributed by atoms with Gasteiger partial charge in [0.15, 0.2) is 6.61 Å². The Labute approximate surface area is 178 Å². The number of nitriles is 1. The van der Waals surface area contributed by atoms with Crippen LogP contribution in [0.3, 0.4) is 0 Å². The second-order valence-electron chi connectivity index (χ2n) is 7.12. The van der Waals surface area contributed by atoms with Crippen LogP contribution in [0, 0.1) is 23.8 Å². The number of nitrogens with one attached hydrogen (secondary N) is 1. The van der Waals surface area contributed by atoms with Crippen molar-refractivity contribution >= 4 is 17.7 Å². The minimum atomic E-state index is -4.78. The largest absolute Gasteiger partial charge is 0.482 e. The van der Waals surface area contributed by atoms with Gasteiger partial charge >= 0.3 is 17.3 Å². The van der Waals surface area contributed by atoms with Crippen LogP contribution in [0.2, 0.25) is 0 Å². The molecule has 3 atom stereocenters. The van der Waals surface area contributed by atoms with Crippen molar-refractivity contribution in [1.82, 2.24) is 5.32 Å². The number of alkyl halides is 6. The van der Waals surface area contributed by atoms with Crippen LogP contribution in [-0.4, -0.2) is 28.9 Å². The first-order valence-electron chi connectivity index (χ1n) is 8.97. The summed E-state index contributed by atoms with van der Waals surface area (Å²) in [7, 11) is 0. The summed E-state index contributed by atoms with van der Waals surface area (Å²) in [4.78, 5) is 15.7. The minimum absolute atomic E-state index is 0.102. The maximum Gasteiger partial charge on any atom is 0.442 e. The van der Waals surface area contributed by atoms with Crippen molar-refractivity contribution in [3.8, 4) is 11.8 Å². The van der Waals surface area contributed by atoms with Crippen molar-refractivity contribution in [1.29, 1.82) is 5.26 Å². The molecular weight excluding hydrogens is 448 g/mol. The lowest BCUT2D eigenvalue weighted by Crippen LogP contribution is -2.50. The molecule has 1 aromatic rings. The first kappa shape index (κ1) is 24.7. The molecule has 0 saturated heterocycles. The second kappa shape index (κ2) is 9.27. The number of amides is 1. The molecule has 5 nitrogen and oxygen atoms in total. The third-order valence-corrected chi connectivity index (χ3v) is 5.77. The Balaban J connectivity index is 2.15. The second-order valence-corrected chi connectivity index (χ2v) is 8.43. The molecule has 12 heteroatoms. The van der Waals surface area contributed by atoms with E-state index in [-0.39, 0.29) is 30.2 Å². The quantitative estimate of drug-likeness (QED) is 0.467. The molecule has 2 rings (SSSR count). The number of rotatable bonds is 6. The highest BCUT2D eigenvalue weighted by Gasteiger charge is 2.45. The van der Waals surface area contributed by atoms with Gasteiger partial charge in [0.25, 0.3) is 0 Å². The van der Waals surface area contributed by atoms with E-state index in [0.29, 0.717) is 12.5 Å². The van der Waals surface area contributed by atoms with Crippen LogP contribution in [-0.2, 0) is 11.0 Å². The summed E-state index contributed by atoms with van der Waals surface area (Å²) in [5.74, 6) is -2.47. The lowest BCUT2D eigenvalue weighted by Gasteiger charge is -2.24. The Morgan fingerprint density at radius 1 is 1.32 bits per heavy atom. The third-order valence-electron chi connectivity index (χ3n) is 4.64. The summed E-state index contributed by atoms with van der Waals surface area (Å²) in [6.45, 7) is 7.80. The van der Waals surface area contributed by atoms with E-state index in [4.69, 9.17) is 16.6 Å². The van der Waals surface area contributed by atoms with Crippen molar-refractivity contribution in [2.75, 3.05) is 6.61 Å². The number of ether oxygens (including phenoxy) is 1. The van der Waals surface area contributed by atoms with Gasteiger partial charge in [-0.05, 0) is 42.8 Å². The number of thioether (sulfide) groups is 1. The van der Waals surface area contributed by atoms with E-state index in [0.717, 1.165) is 12.1 Å². The molecule has 1 N–H and O–H groups in total. The molecule has 1 saturated carbocycles. The lowest BCUT2D eigenvalue weighted by molar-refractivity contribution is -0.139. The number of hydrogen-bond donors (Lipinski definition) is 1. The first-order chi connectivity index (χ1) is 14.3. The smallest absolute Gasteiger partial charge is 0.442 e. The fourth-order valence-corrected chi connectivity index (χ4v) is 4.21. The standard InChI is InChI=1S/C19H17F6N3O2S/c1-17(27-2,28-16(29)12-4-3-5-15(12)31-19(23,24)25)10-30-14-8-11(9-26)6-7-13(14)18(20,21)22/h6-8,12,15H,3-5,10H2,1H3,(H,28,29). The summed E-state index contributed by atoms with van der Waals surface area (Å²) < 4.78 is 82.8. The van der Waals surface area contributed by atoms with Crippen LogP contribution in [0.15, 0.2) is 18.2 Å². The molecule has 0 heterocycles. The maximum atomic E-state index is 13.2. The van der Waals surface area contributed by atoms with Gasteiger partial charge in [0.05, 0.1) is 23.1 Å². The van der Waals surface area contributed by atoms with E-state index in [9.17, 15) is 31.1 Å². The highest BCUT2D eigenvalue weighted by molar-refractivity contribution is 8.00. The Morgan fingerprint density at radius 2 is 2.00 bits per heavy atom. The Kier molecular flexibility index (Phi) is 7.37. The molecule has 1 amide bonds. The highest BCUT2D eigenvalue weighted by Crippen LogP contribution is 2.44. The average molecular weight is 465 g/mol. The Hall–Kier alpha value is -2.60. The Bertz CT molecular complexity index is 906. The SMILES string of the molecule is [C-]#[N+]C(C)(COc1cc(C#N)ccc1C(F)(F)F)NC(=O)C1CCCC1SC(F)(F)F. The summed E-state index contributed by atoms with van der Waals surface area (Å²) >= 11 is -0.272. The number of halogens is 6. The molecule has 1 aliphatic rings. The van der Waals surface area contributed by atoms with Crippen molar-refractivity contribution in [3.63, 3.8) is 0 Å².